The van der Waals surface area contributed by atoms with Crippen molar-refractivity contribution in [3.05, 3.63) is 53.6 Å². The summed E-state index contributed by atoms with van der Waals surface area (Å²) < 4.78 is 77.4. The van der Waals surface area contributed by atoms with Crippen LogP contribution in [-0.4, -0.2) is 45.6 Å². The van der Waals surface area contributed by atoms with Gasteiger partial charge in [0, 0.05) is 5.56 Å². The third-order valence-corrected chi connectivity index (χ3v) is 6.33. The van der Waals surface area contributed by atoms with E-state index in [1.807, 2.05) is 0 Å². The van der Waals surface area contributed by atoms with Gasteiger partial charge in [-0.1, -0.05) is 24.3 Å². The van der Waals surface area contributed by atoms with E-state index in [4.69, 9.17) is 9.47 Å². The molecule has 11 heteroatoms. The number of hydrogen-bond donors (Lipinski definition) is 0. The lowest BCUT2D eigenvalue weighted by Crippen LogP contribution is -2.29. The summed E-state index contributed by atoms with van der Waals surface area (Å²) in [5, 5.41) is -1.46. The number of alkyl halides is 3. The van der Waals surface area contributed by atoms with Gasteiger partial charge in [0.05, 0.1) is 20.8 Å². The fourth-order valence-electron chi connectivity index (χ4n) is 3.34. The molecule has 0 N–H and O–H groups in total. The average molecular weight is 445 g/mol. The minimum Gasteiger partial charge on any atom is -0.493 e. The second-order valence-electron chi connectivity index (χ2n) is 6.45. The smallest absolute Gasteiger partial charge is 0.493 e. The van der Waals surface area contributed by atoms with E-state index in [2.05, 4.69) is 4.74 Å². The Balaban J connectivity index is 2.01. The Morgan fingerprint density at radius 1 is 1.10 bits per heavy atom. The highest BCUT2D eigenvalue weighted by molar-refractivity contribution is 7.92. The normalized spacial score (nSPS) is 18.4. The summed E-state index contributed by atoms with van der Waals surface area (Å²) in [5.41, 5.74) is 0.472. The van der Waals surface area contributed by atoms with E-state index >= 15 is 0 Å². The van der Waals surface area contributed by atoms with E-state index in [0.29, 0.717) is 17.1 Å². The maximum atomic E-state index is 12.7. The van der Waals surface area contributed by atoms with Crippen LogP contribution in [0.15, 0.2) is 42.5 Å². The van der Waals surface area contributed by atoms with Gasteiger partial charge in [-0.15, -0.1) is 13.2 Å². The van der Waals surface area contributed by atoms with Gasteiger partial charge >= 0.3 is 6.36 Å². The second kappa shape index (κ2) is 8.05. The molecule has 2 aromatic rings. The van der Waals surface area contributed by atoms with Crippen molar-refractivity contribution in [1.29, 1.82) is 0 Å². The summed E-state index contributed by atoms with van der Waals surface area (Å²) in [6.07, 6.45) is -4.93. The van der Waals surface area contributed by atoms with Gasteiger partial charge in [0.15, 0.2) is 26.7 Å². The van der Waals surface area contributed by atoms with Crippen LogP contribution in [0.3, 0.4) is 0 Å². The Hall–Kier alpha value is -2.95. The average Bonchev–Trinajstić information content (AvgIpc) is 2.88. The van der Waals surface area contributed by atoms with E-state index in [1.165, 1.54) is 26.4 Å². The summed E-state index contributed by atoms with van der Waals surface area (Å²) >= 11 is 0. The molecule has 2 aromatic carbocycles. The highest BCUT2D eigenvalue weighted by Crippen LogP contribution is 2.39. The van der Waals surface area contributed by atoms with Crippen LogP contribution in [0.5, 0.6) is 17.2 Å². The number of nitrogens with zero attached hydrogens (tertiary/aromatic N) is 1. The van der Waals surface area contributed by atoms with Crippen molar-refractivity contribution in [2.75, 3.05) is 20.0 Å². The number of rotatable bonds is 6. The van der Waals surface area contributed by atoms with E-state index in [0.717, 1.165) is 17.0 Å². The van der Waals surface area contributed by atoms with Crippen LogP contribution in [-0.2, 0) is 21.2 Å². The molecule has 1 unspecified atom stereocenters. The monoisotopic (exact) mass is 445 g/mol. The predicted molar refractivity (Wildman–Crippen MR) is 99.7 cm³/mol. The molecule has 0 aliphatic carbocycles. The largest absolute Gasteiger partial charge is 0.573 e. The molecule has 7 nitrogen and oxygen atoms in total. The summed E-state index contributed by atoms with van der Waals surface area (Å²) in [5.74, 6) is -1.29. The summed E-state index contributed by atoms with van der Waals surface area (Å²) in [4.78, 5) is 13.6. The van der Waals surface area contributed by atoms with Gasteiger partial charge in [0.2, 0.25) is 5.91 Å². The quantitative estimate of drug-likeness (QED) is 0.680. The highest BCUT2D eigenvalue weighted by Gasteiger charge is 2.45. The Morgan fingerprint density at radius 3 is 2.43 bits per heavy atom. The van der Waals surface area contributed by atoms with Crippen molar-refractivity contribution in [2.45, 2.75) is 18.3 Å². The van der Waals surface area contributed by atoms with Gasteiger partial charge in [0.1, 0.15) is 11.5 Å². The molecule has 0 aromatic heterocycles. The van der Waals surface area contributed by atoms with Crippen LogP contribution in [0.25, 0.3) is 0 Å². The molecule has 1 aliphatic heterocycles. The first-order valence-electron chi connectivity index (χ1n) is 8.62. The Morgan fingerprint density at radius 2 is 1.80 bits per heavy atom. The van der Waals surface area contributed by atoms with Crippen molar-refractivity contribution in [3.63, 3.8) is 0 Å². The molecule has 0 radical (unpaired) electrons. The number of sulfone groups is 1. The highest BCUT2D eigenvalue weighted by atomic mass is 32.2. The maximum Gasteiger partial charge on any atom is 0.573 e. The number of benzene rings is 2. The Labute approximate surface area is 170 Å². The molecular formula is C19H18F3NO6S. The predicted octanol–water partition coefficient (Wildman–Crippen LogP) is 3.06. The van der Waals surface area contributed by atoms with Gasteiger partial charge < -0.3 is 19.1 Å². The molecule has 1 aliphatic rings. The fraction of sp³-hybridized carbons (Fsp3) is 0.316. The Kier molecular flexibility index (Phi) is 5.84. The van der Waals surface area contributed by atoms with Gasteiger partial charge in [0.25, 0.3) is 0 Å². The van der Waals surface area contributed by atoms with E-state index < -0.39 is 39.0 Å². The molecule has 0 saturated carbocycles. The summed E-state index contributed by atoms with van der Waals surface area (Å²) in [7, 11) is -1.15. The number of methoxy groups -OCH3 is 2. The summed E-state index contributed by atoms with van der Waals surface area (Å²) in [6, 6.07) is 9.51. The van der Waals surface area contributed by atoms with Crippen LogP contribution in [0.1, 0.15) is 16.5 Å². The van der Waals surface area contributed by atoms with Gasteiger partial charge in [-0.05, 0) is 23.8 Å². The van der Waals surface area contributed by atoms with Crippen LogP contribution in [0, 0.1) is 0 Å². The van der Waals surface area contributed by atoms with Crippen molar-refractivity contribution in [1.82, 2.24) is 4.90 Å². The van der Waals surface area contributed by atoms with Crippen LogP contribution < -0.4 is 14.2 Å². The van der Waals surface area contributed by atoms with Gasteiger partial charge in [-0.3, -0.25) is 4.79 Å². The van der Waals surface area contributed by atoms with Crippen LogP contribution in [0.4, 0.5) is 13.2 Å². The molecule has 3 rings (SSSR count). The number of ether oxygens (including phenoxy) is 3. The molecule has 0 spiro atoms. The first-order chi connectivity index (χ1) is 14.1. The maximum absolute atomic E-state index is 12.7. The topological polar surface area (TPSA) is 82.1 Å². The third kappa shape index (κ3) is 4.45. The van der Waals surface area contributed by atoms with E-state index in [9.17, 15) is 26.4 Å². The first kappa shape index (κ1) is 21.8. The molecular weight excluding hydrogens is 427 g/mol. The van der Waals surface area contributed by atoms with Crippen molar-refractivity contribution < 1.29 is 40.6 Å². The standard InChI is InChI=1S/C19H18F3NO6S/c1-27-15-8-4-6-13(17(15)28-2)10-23-16(24)11-30(25,26)18(23)12-5-3-7-14(9-12)29-19(20,21)22/h3-9,18H,10-11H2,1-2H3. The van der Waals surface area contributed by atoms with Crippen molar-refractivity contribution in [2.24, 2.45) is 0 Å². The number of halogens is 3. The fourth-order valence-corrected chi connectivity index (χ4v) is 5.15. The molecule has 1 saturated heterocycles. The lowest BCUT2D eigenvalue weighted by Gasteiger charge is -2.25. The minimum absolute atomic E-state index is 0.00976. The third-order valence-electron chi connectivity index (χ3n) is 4.47. The number of carbonyl (C=O) groups excluding carboxylic acids is 1. The molecule has 0 bridgehead atoms. The van der Waals surface area contributed by atoms with Crippen molar-refractivity contribution >= 4 is 15.7 Å². The minimum atomic E-state index is -4.93. The number of para-hydroxylation sites is 1. The van der Waals surface area contributed by atoms with Crippen LogP contribution >= 0.6 is 0 Å². The number of carbonyl (C=O) groups is 1. The molecule has 1 fully saturated rings. The lowest BCUT2D eigenvalue weighted by atomic mass is 10.1. The molecule has 1 amide bonds. The second-order valence-corrected chi connectivity index (χ2v) is 8.52. The molecule has 162 valence electrons. The van der Waals surface area contributed by atoms with Gasteiger partial charge in [-0.2, -0.15) is 0 Å². The zero-order valence-electron chi connectivity index (χ0n) is 16.0. The molecule has 1 heterocycles. The molecule has 30 heavy (non-hydrogen) atoms. The summed E-state index contributed by atoms with van der Waals surface area (Å²) in [6.45, 7) is -0.145. The SMILES string of the molecule is COc1cccc(CN2C(=O)CS(=O)(=O)C2c2cccc(OC(F)(F)F)c2)c1OC. The molecule has 1 atom stereocenters. The Bertz CT molecular complexity index is 1050. The zero-order valence-corrected chi connectivity index (χ0v) is 16.8. The van der Waals surface area contributed by atoms with Crippen molar-refractivity contribution in [3.8, 4) is 17.2 Å². The van der Waals surface area contributed by atoms with E-state index in [1.54, 1.807) is 18.2 Å². The lowest BCUT2D eigenvalue weighted by molar-refractivity contribution is -0.274. The number of amides is 1. The first-order valence-corrected chi connectivity index (χ1v) is 10.3. The number of hydrogen-bond acceptors (Lipinski definition) is 6. The zero-order chi connectivity index (χ0) is 22.1. The van der Waals surface area contributed by atoms with E-state index in [-0.39, 0.29) is 12.1 Å². The van der Waals surface area contributed by atoms with Gasteiger partial charge in [-0.25, -0.2) is 8.42 Å². The van der Waals surface area contributed by atoms with Crippen LogP contribution in [0.2, 0.25) is 0 Å².